The Labute approximate surface area is 107 Å². The van der Waals surface area contributed by atoms with Crippen molar-refractivity contribution < 1.29 is 24.2 Å². The molecule has 6 nitrogen and oxygen atoms in total. The van der Waals surface area contributed by atoms with Crippen LogP contribution in [0.25, 0.3) is 0 Å². The SMILES string of the molecule is CC(=O)NC1C(O)OC(COC(C)=O)C(C)C1C. The molecule has 1 aliphatic rings. The molecule has 0 aromatic carbocycles. The zero-order valence-corrected chi connectivity index (χ0v) is 11.2. The second kappa shape index (κ2) is 6.15. The van der Waals surface area contributed by atoms with Gasteiger partial charge in [0.1, 0.15) is 6.61 Å². The van der Waals surface area contributed by atoms with Gasteiger partial charge in [0.05, 0.1) is 12.1 Å². The van der Waals surface area contributed by atoms with Crippen LogP contribution in [0.3, 0.4) is 0 Å². The predicted octanol–water partition coefficient (Wildman–Crippen LogP) is 0.0436. The maximum Gasteiger partial charge on any atom is 0.302 e. The smallest absolute Gasteiger partial charge is 0.302 e. The fourth-order valence-corrected chi connectivity index (χ4v) is 2.14. The molecule has 1 saturated heterocycles. The van der Waals surface area contributed by atoms with E-state index >= 15 is 0 Å². The number of rotatable bonds is 3. The van der Waals surface area contributed by atoms with Crippen molar-refractivity contribution in [1.82, 2.24) is 5.32 Å². The molecule has 1 rings (SSSR count). The maximum atomic E-state index is 11.1. The van der Waals surface area contributed by atoms with Gasteiger partial charge in [0.25, 0.3) is 0 Å². The highest BCUT2D eigenvalue weighted by Gasteiger charge is 2.41. The molecule has 18 heavy (non-hydrogen) atoms. The molecule has 0 aliphatic carbocycles. The summed E-state index contributed by atoms with van der Waals surface area (Å²) < 4.78 is 10.3. The van der Waals surface area contributed by atoms with E-state index in [2.05, 4.69) is 5.32 Å². The normalized spacial score (nSPS) is 35.9. The first-order chi connectivity index (χ1) is 8.32. The number of nitrogens with one attached hydrogen (secondary N) is 1. The monoisotopic (exact) mass is 259 g/mol. The van der Waals surface area contributed by atoms with E-state index in [-0.39, 0.29) is 36.4 Å². The van der Waals surface area contributed by atoms with E-state index in [0.717, 1.165) is 0 Å². The number of hydrogen-bond acceptors (Lipinski definition) is 5. The Kier molecular flexibility index (Phi) is 5.10. The van der Waals surface area contributed by atoms with Crippen LogP contribution in [0.2, 0.25) is 0 Å². The highest BCUT2D eigenvalue weighted by atomic mass is 16.6. The standard InChI is InChI=1S/C12H21NO5/c1-6-7(2)11(13-8(3)14)12(16)18-10(6)5-17-9(4)15/h6-7,10-12,16H,5H2,1-4H3,(H,13,14). The summed E-state index contributed by atoms with van der Waals surface area (Å²) in [5.41, 5.74) is 0. The summed E-state index contributed by atoms with van der Waals surface area (Å²) in [5, 5.41) is 12.5. The maximum absolute atomic E-state index is 11.1. The molecule has 1 fully saturated rings. The van der Waals surface area contributed by atoms with Crippen LogP contribution in [-0.2, 0) is 19.1 Å². The molecule has 2 N–H and O–H groups in total. The minimum absolute atomic E-state index is 0.0261. The molecule has 6 heteroatoms. The summed E-state index contributed by atoms with van der Waals surface area (Å²) >= 11 is 0. The molecule has 5 unspecified atom stereocenters. The van der Waals surface area contributed by atoms with Gasteiger partial charge in [-0.3, -0.25) is 9.59 Å². The molecule has 0 saturated carbocycles. The number of esters is 1. The van der Waals surface area contributed by atoms with Crippen molar-refractivity contribution in [3.63, 3.8) is 0 Å². The molecular formula is C12H21NO5. The molecule has 5 atom stereocenters. The zero-order valence-electron chi connectivity index (χ0n) is 11.2. The first kappa shape index (κ1) is 14.9. The first-order valence-electron chi connectivity index (χ1n) is 6.07. The van der Waals surface area contributed by atoms with Crippen LogP contribution in [-0.4, -0.2) is 42.0 Å². The topological polar surface area (TPSA) is 84.9 Å². The van der Waals surface area contributed by atoms with Gasteiger partial charge in [-0.1, -0.05) is 13.8 Å². The lowest BCUT2D eigenvalue weighted by atomic mass is 9.82. The summed E-state index contributed by atoms with van der Waals surface area (Å²) in [7, 11) is 0. The molecule has 0 bridgehead atoms. The number of hydrogen-bond donors (Lipinski definition) is 2. The Balaban J connectivity index is 2.64. The van der Waals surface area contributed by atoms with Crippen molar-refractivity contribution in [2.45, 2.75) is 46.1 Å². The Hall–Kier alpha value is -1.14. The number of aliphatic hydroxyl groups excluding tert-OH is 1. The third kappa shape index (κ3) is 3.68. The van der Waals surface area contributed by atoms with E-state index in [1.54, 1.807) is 0 Å². The van der Waals surface area contributed by atoms with E-state index in [1.807, 2.05) is 13.8 Å². The first-order valence-corrected chi connectivity index (χ1v) is 6.07. The Bertz CT molecular complexity index is 318. The Morgan fingerprint density at radius 2 is 1.89 bits per heavy atom. The number of carbonyl (C=O) groups is 2. The number of aliphatic hydroxyl groups is 1. The summed E-state index contributed by atoms with van der Waals surface area (Å²) in [6.07, 6.45) is -1.44. The van der Waals surface area contributed by atoms with Gasteiger partial charge in [-0.25, -0.2) is 0 Å². The average molecular weight is 259 g/mol. The summed E-state index contributed by atoms with van der Waals surface area (Å²) in [6, 6.07) is -0.439. The lowest BCUT2D eigenvalue weighted by Crippen LogP contribution is -2.57. The summed E-state index contributed by atoms with van der Waals surface area (Å²) in [4.78, 5) is 21.8. The third-order valence-corrected chi connectivity index (χ3v) is 3.42. The van der Waals surface area contributed by atoms with Gasteiger partial charge in [-0.15, -0.1) is 0 Å². The van der Waals surface area contributed by atoms with Crippen molar-refractivity contribution in [1.29, 1.82) is 0 Å². The second-order valence-electron chi connectivity index (χ2n) is 4.81. The van der Waals surface area contributed by atoms with Crippen LogP contribution in [0, 0.1) is 11.8 Å². The summed E-state index contributed by atoms with van der Waals surface area (Å²) in [5.74, 6) is -0.500. The fraction of sp³-hybridized carbons (Fsp3) is 0.833. The van der Waals surface area contributed by atoms with Crippen LogP contribution in [0.5, 0.6) is 0 Å². The highest BCUT2D eigenvalue weighted by Crippen LogP contribution is 2.30. The van der Waals surface area contributed by atoms with Gasteiger partial charge in [-0.05, 0) is 11.8 Å². The van der Waals surface area contributed by atoms with Gasteiger partial charge in [0, 0.05) is 13.8 Å². The van der Waals surface area contributed by atoms with E-state index < -0.39 is 12.3 Å². The van der Waals surface area contributed by atoms with E-state index in [4.69, 9.17) is 9.47 Å². The van der Waals surface area contributed by atoms with Crippen molar-refractivity contribution in [2.75, 3.05) is 6.61 Å². The molecule has 0 aromatic heterocycles. The molecule has 0 spiro atoms. The molecule has 1 amide bonds. The quantitative estimate of drug-likeness (QED) is 0.699. The molecule has 1 aliphatic heterocycles. The lowest BCUT2D eigenvalue weighted by molar-refractivity contribution is -0.223. The summed E-state index contributed by atoms with van der Waals surface area (Å²) in [6.45, 7) is 6.71. The number of amides is 1. The molecule has 0 radical (unpaired) electrons. The van der Waals surface area contributed by atoms with Gasteiger partial charge in [-0.2, -0.15) is 0 Å². The lowest BCUT2D eigenvalue weighted by Gasteiger charge is -2.42. The second-order valence-corrected chi connectivity index (χ2v) is 4.81. The van der Waals surface area contributed by atoms with Crippen molar-refractivity contribution in [3.8, 4) is 0 Å². The van der Waals surface area contributed by atoms with Crippen molar-refractivity contribution >= 4 is 11.9 Å². The molecule has 0 aromatic rings. The van der Waals surface area contributed by atoms with Crippen LogP contribution < -0.4 is 5.32 Å². The number of ether oxygens (including phenoxy) is 2. The van der Waals surface area contributed by atoms with Crippen LogP contribution >= 0.6 is 0 Å². The van der Waals surface area contributed by atoms with E-state index in [1.165, 1.54) is 13.8 Å². The number of carbonyl (C=O) groups excluding carboxylic acids is 2. The van der Waals surface area contributed by atoms with Gasteiger partial charge < -0.3 is 19.9 Å². The van der Waals surface area contributed by atoms with Crippen LogP contribution in [0.4, 0.5) is 0 Å². The molecular weight excluding hydrogens is 238 g/mol. The molecule has 104 valence electrons. The largest absolute Gasteiger partial charge is 0.463 e. The fourth-order valence-electron chi connectivity index (χ4n) is 2.14. The Morgan fingerprint density at radius 1 is 1.28 bits per heavy atom. The average Bonchev–Trinajstić information content (AvgIpc) is 2.27. The predicted molar refractivity (Wildman–Crippen MR) is 63.4 cm³/mol. The van der Waals surface area contributed by atoms with Crippen LogP contribution in [0.1, 0.15) is 27.7 Å². The third-order valence-electron chi connectivity index (χ3n) is 3.42. The van der Waals surface area contributed by atoms with E-state index in [0.29, 0.717) is 0 Å². The highest BCUT2D eigenvalue weighted by molar-refractivity contribution is 5.73. The van der Waals surface area contributed by atoms with Gasteiger partial charge >= 0.3 is 5.97 Å². The van der Waals surface area contributed by atoms with Crippen LogP contribution in [0.15, 0.2) is 0 Å². The Morgan fingerprint density at radius 3 is 2.39 bits per heavy atom. The van der Waals surface area contributed by atoms with Gasteiger partial charge in [0.2, 0.25) is 5.91 Å². The van der Waals surface area contributed by atoms with Gasteiger partial charge in [0.15, 0.2) is 6.29 Å². The molecule has 1 heterocycles. The van der Waals surface area contributed by atoms with E-state index in [9.17, 15) is 14.7 Å². The van der Waals surface area contributed by atoms with Crippen molar-refractivity contribution in [2.24, 2.45) is 11.8 Å². The minimum Gasteiger partial charge on any atom is -0.463 e. The minimum atomic E-state index is -1.08. The van der Waals surface area contributed by atoms with Crippen molar-refractivity contribution in [3.05, 3.63) is 0 Å². The zero-order chi connectivity index (χ0) is 13.9.